The Labute approximate surface area is 126 Å². The molecule has 0 radical (unpaired) electrons. The van der Waals surface area contributed by atoms with Crippen molar-refractivity contribution in [3.63, 3.8) is 0 Å². The maximum absolute atomic E-state index is 13.9. The summed E-state index contributed by atoms with van der Waals surface area (Å²) in [6.07, 6.45) is 1.67. The lowest BCUT2D eigenvalue weighted by molar-refractivity contribution is 0.418. The first-order valence-electron chi connectivity index (χ1n) is 6.96. The van der Waals surface area contributed by atoms with E-state index in [0.29, 0.717) is 13.1 Å². The molecule has 0 amide bonds. The van der Waals surface area contributed by atoms with Gasteiger partial charge in [0.1, 0.15) is 5.82 Å². The number of rotatable bonds is 6. The lowest BCUT2D eigenvalue weighted by Gasteiger charge is -2.20. The highest BCUT2D eigenvalue weighted by Gasteiger charge is 2.23. The maximum Gasteiger partial charge on any atom is 0.243 e. The van der Waals surface area contributed by atoms with Crippen LogP contribution in [0.3, 0.4) is 0 Å². The van der Waals surface area contributed by atoms with Gasteiger partial charge in [-0.2, -0.15) is 4.31 Å². The zero-order chi connectivity index (χ0) is 15.9. The topological polar surface area (TPSA) is 63.4 Å². The largest absolute Gasteiger partial charge is 0.320 e. The molecule has 1 aromatic rings. The molecule has 0 aliphatic rings. The average molecular weight is 312 g/mol. The quantitative estimate of drug-likeness (QED) is 0.817. The highest BCUT2D eigenvalue weighted by atomic mass is 32.2. The molecule has 116 valence electrons. The molecular weight excluding hydrogens is 291 g/mol. The lowest BCUT2D eigenvalue weighted by atomic mass is 10.2. The number of sulfonamides is 1. The second-order valence-electron chi connectivity index (χ2n) is 4.50. The summed E-state index contributed by atoms with van der Waals surface area (Å²) in [5.74, 6) is 4.46. The summed E-state index contributed by atoms with van der Waals surface area (Å²) in [7, 11) is -3.66. The molecule has 0 saturated heterocycles. The van der Waals surface area contributed by atoms with Crippen LogP contribution < -0.4 is 5.73 Å². The summed E-state index contributed by atoms with van der Waals surface area (Å²) in [6.45, 7) is 4.68. The van der Waals surface area contributed by atoms with Crippen molar-refractivity contribution in [3.8, 4) is 11.8 Å². The zero-order valence-electron chi connectivity index (χ0n) is 12.4. The normalized spacial score (nSPS) is 11.3. The minimum absolute atomic E-state index is 0.0451. The number of unbranched alkanes of at least 4 members (excludes halogenated alkanes) is 1. The van der Waals surface area contributed by atoms with Crippen molar-refractivity contribution in [1.29, 1.82) is 0 Å². The van der Waals surface area contributed by atoms with Gasteiger partial charge in [0, 0.05) is 13.1 Å². The van der Waals surface area contributed by atoms with E-state index in [-0.39, 0.29) is 17.0 Å². The van der Waals surface area contributed by atoms with Gasteiger partial charge < -0.3 is 5.73 Å². The van der Waals surface area contributed by atoms with E-state index in [9.17, 15) is 12.8 Å². The monoisotopic (exact) mass is 312 g/mol. The predicted octanol–water partition coefficient (Wildman–Crippen LogP) is 1.95. The first kappa shape index (κ1) is 17.6. The molecule has 0 aliphatic carbocycles. The Morgan fingerprint density at radius 1 is 1.33 bits per heavy atom. The number of nitrogens with zero attached hydrogens (tertiary/aromatic N) is 1. The second-order valence-corrected chi connectivity index (χ2v) is 6.44. The molecule has 0 aliphatic heterocycles. The third-order valence-electron chi connectivity index (χ3n) is 3.02. The van der Waals surface area contributed by atoms with Gasteiger partial charge in [-0.3, -0.25) is 0 Å². The molecule has 0 fully saturated rings. The van der Waals surface area contributed by atoms with E-state index >= 15 is 0 Å². The molecule has 0 bridgehead atoms. The molecular formula is C15H21FN2O2S. The summed E-state index contributed by atoms with van der Waals surface area (Å²) in [4.78, 5) is -0.0451. The van der Waals surface area contributed by atoms with Crippen LogP contribution in [-0.4, -0.2) is 32.4 Å². The van der Waals surface area contributed by atoms with Gasteiger partial charge in [-0.25, -0.2) is 12.8 Å². The minimum atomic E-state index is -3.66. The molecule has 0 spiro atoms. The Morgan fingerprint density at radius 2 is 2.05 bits per heavy atom. The average Bonchev–Trinajstić information content (AvgIpc) is 2.46. The van der Waals surface area contributed by atoms with Crippen molar-refractivity contribution in [2.24, 2.45) is 5.73 Å². The zero-order valence-corrected chi connectivity index (χ0v) is 13.2. The minimum Gasteiger partial charge on any atom is -0.320 e. The smallest absolute Gasteiger partial charge is 0.243 e. The van der Waals surface area contributed by atoms with Gasteiger partial charge in [0.2, 0.25) is 10.0 Å². The van der Waals surface area contributed by atoms with Crippen LogP contribution in [0.4, 0.5) is 4.39 Å². The summed E-state index contributed by atoms with van der Waals surface area (Å²) >= 11 is 0. The number of hydrogen-bond donors (Lipinski definition) is 1. The van der Waals surface area contributed by atoms with Crippen LogP contribution in [0.1, 0.15) is 32.3 Å². The van der Waals surface area contributed by atoms with Crippen molar-refractivity contribution in [2.45, 2.75) is 31.6 Å². The van der Waals surface area contributed by atoms with Crippen molar-refractivity contribution in [1.82, 2.24) is 4.31 Å². The lowest BCUT2D eigenvalue weighted by Crippen LogP contribution is -2.31. The van der Waals surface area contributed by atoms with Crippen LogP contribution in [0.2, 0.25) is 0 Å². The number of halogens is 1. The van der Waals surface area contributed by atoms with Gasteiger partial charge in [0.05, 0.1) is 17.0 Å². The molecule has 6 heteroatoms. The van der Waals surface area contributed by atoms with E-state index in [4.69, 9.17) is 5.73 Å². The van der Waals surface area contributed by atoms with Gasteiger partial charge in [-0.1, -0.05) is 32.1 Å². The maximum atomic E-state index is 13.9. The van der Waals surface area contributed by atoms with Crippen LogP contribution in [0.15, 0.2) is 23.1 Å². The Kier molecular flexibility index (Phi) is 6.82. The van der Waals surface area contributed by atoms with E-state index in [2.05, 4.69) is 11.8 Å². The van der Waals surface area contributed by atoms with E-state index in [1.54, 1.807) is 6.92 Å². The van der Waals surface area contributed by atoms with E-state index in [1.165, 1.54) is 16.4 Å². The standard InChI is InChI=1S/C15H21FN2O2S/c1-3-5-11-18(4-2)21(19,20)14-9-8-13(7-6-10-17)15(16)12-14/h8-9,12H,3-5,10-11,17H2,1-2H3. The summed E-state index contributed by atoms with van der Waals surface area (Å²) in [5.41, 5.74) is 5.38. The molecule has 0 atom stereocenters. The Morgan fingerprint density at radius 3 is 2.57 bits per heavy atom. The fourth-order valence-corrected chi connectivity index (χ4v) is 3.34. The van der Waals surface area contributed by atoms with Crippen LogP contribution in [0.25, 0.3) is 0 Å². The highest BCUT2D eigenvalue weighted by molar-refractivity contribution is 7.89. The SMILES string of the molecule is CCCCN(CC)S(=O)(=O)c1ccc(C#CCN)c(F)c1. The fourth-order valence-electron chi connectivity index (χ4n) is 1.84. The Bertz CT molecular complexity index is 633. The molecule has 0 unspecified atom stereocenters. The molecule has 1 aromatic carbocycles. The van der Waals surface area contributed by atoms with E-state index < -0.39 is 15.8 Å². The first-order valence-corrected chi connectivity index (χ1v) is 8.40. The number of hydrogen-bond acceptors (Lipinski definition) is 3. The van der Waals surface area contributed by atoms with Crippen molar-refractivity contribution in [3.05, 3.63) is 29.6 Å². The molecule has 4 nitrogen and oxygen atoms in total. The Balaban J connectivity index is 3.11. The van der Waals surface area contributed by atoms with Crippen molar-refractivity contribution in [2.75, 3.05) is 19.6 Å². The third-order valence-corrected chi connectivity index (χ3v) is 4.99. The molecule has 1 rings (SSSR count). The number of nitrogens with two attached hydrogens (primary N) is 1. The fraction of sp³-hybridized carbons (Fsp3) is 0.467. The van der Waals surface area contributed by atoms with Crippen molar-refractivity contribution < 1.29 is 12.8 Å². The molecule has 0 saturated carbocycles. The molecule has 2 N–H and O–H groups in total. The second kappa shape index (κ2) is 8.13. The van der Waals surface area contributed by atoms with E-state index in [0.717, 1.165) is 18.9 Å². The highest BCUT2D eigenvalue weighted by Crippen LogP contribution is 2.19. The molecule has 0 aromatic heterocycles. The van der Waals surface area contributed by atoms with Crippen LogP contribution in [0.5, 0.6) is 0 Å². The van der Waals surface area contributed by atoms with Gasteiger partial charge >= 0.3 is 0 Å². The van der Waals surface area contributed by atoms with Gasteiger partial charge in [0.15, 0.2) is 0 Å². The van der Waals surface area contributed by atoms with E-state index in [1.807, 2.05) is 6.92 Å². The summed E-state index contributed by atoms with van der Waals surface area (Å²) in [5, 5.41) is 0. The number of benzene rings is 1. The van der Waals surface area contributed by atoms with Gasteiger partial charge in [-0.15, -0.1) is 0 Å². The van der Waals surface area contributed by atoms with Crippen LogP contribution in [0, 0.1) is 17.7 Å². The predicted molar refractivity (Wildman–Crippen MR) is 81.7 cm³/mol. The summed E-state index contributed by atoms with van der Waals surface area (Å²) < 4.78 is 40.2. The van der Waals surface area contributed by atoms with Crippen molar-refractivity contribution >= 4 is 10.0 Å². The summed E-state index contributed by atoms with van der Waals surface area (Å²) in [6, 6.07) is 3.77. The molecule has 21 heavy (non-hydrogen) atoms. The van der Waals surface area contributed by atoms with Gasteiger partial charge in [-0.05, 0) is 24.6 Å². The van der Waals surface area contributed by atoms with Crippen LogP contribution in [-0.2, 0) is 10.0 Å². The molecule has 0 heterocycles. The third kappa shape index (κ3) is 4.53. The first-order chi connectivity index (χ1) is 9.97. The van der Waals surface area contributed by atoms with Crippen LogP contribution >= 0.6 is 0 Å². The Hall–Kier alpha value is -1.42. The van der Waals surface area contributed by atoms with Gasteiger partial charge in [0.25, 0.3) is 0 Å².